The Morgan fingerprint density at radius 1 is 1.03 bits per heavy atom. The molecular weight excluding hydrogens is 440 g/mol. The Morgan fingerprint density at radius 2 is 1.87 bits per heavy atom. The fraction of sp³-hybridized carbons (Fsp3) is 0.100. The van der Waals surface area contributed by atoms with E-state index in [1.54, 1.807) is 37.5 Å². The van der Waals surface area contributed by atoms with Crippen molar-refractivity contribution in [2.75, 3.05) is 4.72 Å². The molecule has 9 nitrogen and oxygen atoms in total. The van der Waals surface area contributed by atoms with Crippen LogP contribution in [0.25, 0.3) is 5.82 Å². The standard InChI is InChI=1S/C20H18N6O3S.ClH/c1-14-17(11-15-5-4-9-21-12-15)20(27)26(24-14)19-8-7-16(13-23-19)30(28,29)25-18-6-2-3-10-22-18;/h2-10,12-13,24H,11H2,1H3,(H,22,25);1H. The predicted octanol–water partition coefficient (Wildman–Crippen LogP) is 2.47. The summed E-state index contributed by atoms with van der Waals surface area (Å²) in [4.78, 5) is 25.0. The minimum Gasteiger partial charge on any atom is -0.294 e. The summed E-state index contributed by atoms with van der Waals surface area (Å²) in [6.45, 7) is 1.80. The normalized spacial score (nSPS) is 11.0. The molecule has 4 aromatic heterocycles. The van der Waals surface area contributed by atoms with Gasteiger partial charge in [0.25, 0.3) is 15.6 Å². The van der Waals surface area contributed by atoms with Gasteiger partial charge in [-0.1, -0.05) is 12.1 Å². The number of rotatable bonds is 6. The lowest BCUT2D eigenvalue weighted by Gasteiger charge is -2.07. The first kappa shape index (κ1) is 22.2. The highest BCUT2D eigenvalue weighted by Gasteiger charge is 2.17. The van der Waals surface area contributed by atoms with E-state index in [9.17, 15) is 13.2 Å². The van der Waals surface area contributed by atoms with Gasteiger partial charge in [-0.15, -0.1) is 12.4 Å². The van der Waals surface area contributed by atoms with Crippen LogP contribution >= 0.6 is 12.4 Å². The van der Waals surface area contributed by atoms with Crippen LogP contribution in [0.2, 0.25) is 0 Å². The molecule has 31 heavy (non-hydrogen) atoms. The highest BCUT2D eigenvalue weighted by atomic mass is 35.5. The SMILES string of the molecule is Cc1[nH]n(-c2ccc(S(=O)(=O)Nc3ccccn3)cn2)c(=O)c1Cc1cccnc1.Cl. The number of nitrogens with zero attached hydrogens (tertiary/aromatic N) is 4. The summed E-state index contributed by atoms with van der Waals surface area (Å²) in [7, 11) is -3.85. The molecular formula is C20H19ClN6O3S. The van der Waals surface area contributed by atoms with Crippen LogP contribution in [0.1, 0.15) is 16.8 Å². The van der Waals surface area contributed by atoms with E-state index in [-0.39, 0.29) is 34.5 Å². The number of aromatic amines is 1. The zero-order valence-corrected chi connectivity index (χ0v) is 18.0. The van der Waals surface area contributed by atoms with Gasteiger partial charge in [0, 0.05) is 42.5 Å². The van der Waals surface area contributed by atoms with E-state index in [1.807, 2.05) is 12.1 Å². The van der Waals surface area contributed by atoms with Crippen molar-refractivity contribution in [2.24, 2.45) is 0 Å². The summed E-state index contributed by atoms with van der Waals surface area (Å²) in [5, 5.41) is 2.99. The Morgan fingerprint density at radius 3 is 2.52 bits per heavy atom. The van der Waals surface area contributed by atoms with Crippen molar-refractivity contribution in [3.63, 3.8) is 0 Å². The molecule has 0 spiro atoms. The van der Waals surface area contributed by atoms with Crippen molar-refractivity contribution >= 4 is 28.2 Å². The van der Waals surface area contributed by atoms with Crippen molar-refractivity contribution in [3.05, 3.63) is 94.4 Å². The van der Waals surface area contributed by atoms with Crippen LogP contribution in [0, 0.1) is 6.92 Å². The second-order valence-corrected chi connectivity index (χ2v) is 8.25. The summed E-state index contributed by atoms with van der Waals surface area (Å²) in [6.07, 6.45) is 6.51. The quantitative estimate of drug-likeness (QED) is 0.457. The van der Waals surface area contributed by atoms with Crippen molar-refractivity contribution in [1.82, 2.24) is 24.7 Å². The zero-order valence-electron chi connectivity index (χ0n) is 16.4. The molecule has 4 heterocycles. The third-order valence-corrected chi connectivity index (χ3v) is 5.80. The molecule has 0 radical (unpaired) electrons. The van der Waals surface area contributed by atoms with Crippen molar-refractivity contribution in [1.29, 1.82) is 0 Å². The van der Waals surface area contributed by atoms with E-state index in [4.69, 9.17) is 0 Å². The van der Waals surface area contributed by atoms with E-state index in [0.717, 1.165) is 5.56 Å². The average Bonchev–Trinajstić information content (AvgIpc) is 3.03. The van der Waals surface area contributed by atoms with Gasteiger partial charge >= 0.3 is 0 Å². The maximum Gasteiger partial charge on any atom is 0.276 e. The first-order valence-corrected chi connectivity index (χ1v) is 10.5. The summed E-state index contributed by atoms with van der Waals surface area (Å²) >= 11 is 0. The number of nitrogens with one attached hydrogen (secondary N) is 2. The molecule has 0 atom stereocenters. The molecule has 0 aliphatic heterocycles. The number of anilines is 1. The molecule has 0 amide bonds. The van der Waals surface area contributed by atoms with Gasteiger partial charge in [0.15, 0.2) is 5.82 Å². The Hall–Kier alpha value is -3.50. The number of sulfonamides is 1. The Kier molecular flexibility index (Phi) is 6.52. The molecule has 0 saturated heterocycles. The minimum atomic E-state index is -3.85. The van der Waals surface area contributed by atoms with E-state index in [1.165, 1.54) is 29.2 Å². The number of hydrogen-bond acceptors (Lipinski definition) is 6. The number of halogens is 1. The molecule has 0 fully saturated rings. The molecule has 160 valence electrons. The van der Waals surface area contributed by atoms with Gasteiger partial charge in [-0.05, 0) is 42.8 Å². The van der Waals surface area contributed by atoms with Crippen LogP contribution in [0.3, 0.4) is 0 Å². The lowest BCUT2D eigenvalue weighted by atomic mass is 10.1. The van der Waals surface area contributed by atoms with E-state index < -0.39 is 10.0 Å². The monoisotopic (exact) mass is 458 g/mol. The average molecular weight is 459 g/mol. The molecule has 4 aromatic rings. The molecule has 0 aliphatic rings. The van der Waals surface area contributed by atoms with Crippen molar-refractivity contribution in [2.45, 2.75) is 18.2 Å². The van der Waals surface area contributed by atoms with Crippen LogP contribution in [-0.4, -0.2) is 33.2 Å². The van der Waals surface area contributed by atoms with E-state index >= 15 is 0 Å². The van der Waals surface area contributed by atoms with Crippen molar-refractivity contribution < 1.29 is 8.42 Å². The second-order valence-electron chi connectivity index (χ2n) is 6.57. The first-order valence-electron chi connectivity index (χ1n) is 9.04. The fourth-order valence-corrected chi connectivity index (χ4v) is 3.89. The molecule has 4 rings (SSSR count). The maximum atomic E-state index is 12.9. The first-order chi connectivity index (χ1) is 14.4. The summed E-state index contributed by atoms with van der Waals surface area (Å²) in [5.41, 5.74) is 1.97. The van der Waals surface area contributed by atoms with Gasteiger partial charge in [0.2, 0.25) is 0 Å². The van der Waals surface area contributed by atoms with Crippen LogP contribution in [-0.2, 0) is 16.4 Å². The molecule has 11 heteroatoms. The van der Waals surface area contributed by atoms with Crippen LogP contribution < -0.4 is 10.3 Å². The fourth-order valence-electron chi connectivity index (χ4n) is 2.94. The minimum absolute atomic E-state index is 0. The third-order valence-electron chi connectivity index (χ3n) is 4.46. The van der Waals surface area contributed by atoms with Crippen LogP contribution in [0.15, 0.2) is 76.9 Å². The zero-order chi connectivity index (χ0) is 21.1. The number of pyridine rings is 3. The Bertz CT molecular complexity index is 1320. The van der Waals surface area contributed by atoms with Crippen molar-refractivity contribution in [3.8, 4) is 5.82 Å². The molecule has 0 unspecified atom stereocenters. The lowest BCUT2D eigenvalue weighted by Crippen LogP contribution is -2.19. The number of aryl methyl sites for hydroxylation is 1. The highest BCUT2D eigenvalue weighted by Crippen LogP contribution is 2.15. The maximum absolute atomic E-state index is 12.9. The summed E-state index contributed by atoms with van der Waals surface area (Å²) in [5.74, 6) is 0.496. The lowest BCUT2D eigenvalue weighted by molar-refractivity contribution is 0.600. The Labute approximate surface area is 184 Å². The van der Waals surface area contributed by atoms with Crippen LogP contribution in [0.5, 0.6) is 0 Å². The third kappa shape index (κ3) is 4.81. The predicted molar refractivity (Wildman–Crippen MR) is 118 cm³/mol. The summed E-state index contributed by atoms with van der Waals surface area (Å²) in [6, 6.07) is 11.5. The topological polar surface area (TPSA) is 123 Å². The van der Waals surface area contributed by atoms with Gasteiger partial charge in [-0.3, -0.25) is 19.6 Å². The number of hydrogen-bond donors (Lipinski definition) is 2. The number of aromatic nitrogens is 5. The van der Waals surface area contributed by atoms with E-state index in [0.29, 0.717) is 17.7 Å². The molecule has 0 aliphatic carbocycles. The van der Waals surface area contributed by atoms with Gasteiger partial charge in [0.1, 0.15) is 10.7 Å². The summed E-state index contributed by atoms with van der Waals surface area (Å²) < 4.78 is 28.7. The van der Waals surface area contributed by atoms with Gasteiger partial charge in [0.05, 0.1) is 0 Å². The molecule has 0 aromatic carbocycles. The van der Waals surface area contributed by atoms with Gasteiger partial charge < -0.3 is 0 Å². The smallest absolute Gasteiger partial charge is 0.276 e. The van der Waals surface area contributed by atoms with Crippen LogP contribution in [0.4, 0.5) is 5.82 Å². The van der Waals surface area contributed by atoms with E-state index in [2.05, 4.69) is 24.8 Å². The largest absolute Gasteiger partial charge is 0.294 e. The Balaban J connectivity index is 0.00000272. The molecule has 0 bridgehead atoms. The molecule has 2 N–H and O–H groups in total. The van der Waals surface area contributed by atoms with Gasteiger partial charge in [-0.2, -0.15) is 0 Å². The second kappa shape index (κ2) is 9.11. The van der Waals surface area contributed by atoms with Gasteiger partial charge in [-0.25, -0.2) is 23.1 Å². The number of H-pyrrole nitrogens is 1. The molecule has 0 saturated carbocycles. The highest BCUT2D eigenvalue weighted by molar-refractivity contribution is 7.92.